The maximum atomic E-state index is 14.1. The highest BCUT2D eigenvalue weighted by molar-refractivity contribution is 5.94. The molecule has 9 heteroatoms. The molecule has 0 spiro atoms. The van der Waals surface area contributed by atoms with Crippen LogP contribution in [-0.2, 0) is 45.0 Å². The molecule has 1 saturated heterocycles. The molecule has 1 fully saturated rings. The lowest BCUT2D eigenvalue weighted by molar-refractivity contribution is -0.155. The minimum absolute atomic E-state index is 0.0449. The molecule has 4 unspecified atom stereocenters. The lowest BCUT2D eigenvalue weighted by atomic mass is 9.93. The Balaban J connectivity index is 1.32. The first-order valence-corrected chi connectivity index (χ1v) is 14.8. The summed E-state index contributed by atoms with van der Waals surface area (Å²) in [5.41, 5.74) is 10.0. The van der Waals surface area contributed by atoms with Crippen molar-refractivity contribution in [2.24, 2.45) is 5.73 Å². The van der Waals surface area contributed by atoms with Crippen molar-refractivity contribution < 1.29 is 24.3 Å². The SMILES string of the molecule is NC(CC(=O)NC(Cc1ccccc1)C(=O)N1CCCC1C(=O)N1Cc2ccccc2CC1C(=O)O)Cc1ccccc1. The lowest BCUT2D eigenvalue weighted by Crippen LogP contribution is -2.58. The Hall–Kier alpha value is -4.50. The molecule has 2 heterocycles. The Morgan fingerprint density at radius 3 is 2.07 bits per heavy atom. The second-order valence-electron chi connectivity index (χ2n) is 11.4. The number of aliphatic carboxylic acids is 1. The van der Waals surface area contributed by atoms with E-state index in [-0.39, 0.29) is 43.5 Å². The fourth-order valence-corrected chi connectivity index (χ4v) is 6.18. The number of fused-ring (bicyclic) bond motifs is 1. The molecule has 4 N–H and O–H groups in total. The van der Waals surface area contributed by atoms with Crippen molar-refractivity contribution in [1.29, 1.82) is 0 Å². The van der Waals surface area contributed by atoms with Gasteiger partial charge in [0.1, 0.15) is 18.1 Å². The molecule has 0 aliphatic carbocycles. The first kappa shape index (κ1) is 30.0. The van der Waals surface area contributed by atoms with Crippen LogP contribution >= 0.6 is 0 Å². The van der Waals surface area contributed by atoms with E-state index in [2.05, 4.69) is 5.32 Å². The van der Waals surface area contributed by atoms with E-state index >= 15 is 0 Å². The van der Waals surface area contributed by atoms with E-state index in [0.717, 1.165) is 22.3 Å². The van der Waals surface area contributed by atoms with Crippen LogP contribution in [0, 0.1) is 0 Å². The van der Waals surface area contributed by atoms with E-state index < -0.39 is 30.1 Å². The van der Waals surface area contributed by atoms with Crippen molar-refractivity contribution in [3.8, 4) is 0 Å². The Bertz CT molecular complexity index is 1450. The minimum Gasteiger partial charge on any atom is -0.480 e. The van der Waals surface area contributed by atoms with Crippen LogP contribution in [0.25, 0.3) is 0 Å². The summed E-state index contributed by atoms with van der Waals surface area (Å²) in [5, 5.41) is 12.9. The van der Waals surface area contributed by atoms with Gasteiger partial charge in [0, 0.05) is 38.4 Å². The summed E-state index contributed by atoms with van der Waals surface area (Å²) >= 11 is 0. The normalized spacial score (nSPS) is 19.3. The molecule has 4 atom stereocenters. The largest absolute Gasteiger partial charge is 0.480 e. The molecule has 224 valence electrons. The van der Waals surface area contributed by atoms with Crippen LogP contribution in [0.15, 0.2) is 84.9 Å². The summed E-state index contributed by atoms with van der Waals surface area (Å²) in [6, 6.07) is 23.5. The number of carbonyl (C=O) groups excluding carboxylic acids is 3. The van der Waals surface area contributed by atoms with Gasteiger partial charge in [0.05, 0.1) is 0 Å². The smallest absolute Gasteiger partial charge is 0.326 e. The monoisotopic (exact) mass is 582 g/mol. The first-order chi connectivity index (χ1) is 20.8. The number of likely N-dealkylation sites (tertiary alicyclic amines) is 1. The van der Waals surface area contributed by atoms with Crippen LogP contribution in [0.2, 0.25) is 0 Å². The molecule has 3 amide bonds. The molecule has 9 nitrogen and oxygen atoms in total. The summed E-state index contributed by atoms with van der Waals surface area (Å²) in [6.45, 7) is 0.528. The summed E-state index contributed by atoms with van der Waals surface area (Å²) in [5.74, 6) is -2.13. The van der Waals surface area contributed by atoms with Gasteiger partial charge in [-0.1, -0.05) is 84.9 Å². The number of benzene rings is 3. The topological polar surface area (TPSA) is 133 Å². The number of rotatable bonds is 10. The van der Waals surface area contributed by atoms with Gasteiger partial charge in [-0.2, -0.15) is 0 Å². The van der Waals surface area contributed by atoms with E-state index in [4.69, 9.17) is 5.73 Å². The zero-order valence-electron chi connectivity index (χ0n) is 24.1. The lowest BCUT2D eigenvalue weighted by Gasteiger charge is -2.38. The summed E-state index contributed by atoms with van der Waals surface area (Å²) in [7, 11) is 0. The highest BCUT2D eigenvalue weighted by Crippen LogP contribution is 2.28. The van der Waals surface area contributed by atoms with Crippen molar-refractivity contribution >= 4 is 23.7 Å². The summed E-state index contributed by atoms with van der Waals surface area (Å²) in [4.78, 5) is 56.3. The molecule has 0 bridgehead atoms. The minimum atomic E-state index is -1.07. The molecule has 0 aromatic heterocycles. The van der Waals surface area contributed by atoms with E-state index in [1.165, 1.54) is 9.80 Å². The molecule has 0 saturated carbocycles. The Labute approximate surface area is 251 Å². The van der Waals surface area contributed by atoms with Crippen LogP contribution in [0.1, 0.15) is 41.5 Å². The Morgan fingerprint density at radius 2 is 1.42 bits per heavy atom. The molecule has 2 aliphatic rings. The Kier molecular flexibility index (Phi) is 9.51. The van der Waals surface area contributed by atoms with E-state index in [0.29, 0.717) is 25.8 Å². The average molecular weight is 583 g/mol. The van der Waals surface area contributed by atoms with Gasteiger partial charge in [-0.25, -0.2) is 4.79 Å². The van der Waals surface area contributed by atoms with Gasteiger partial charge in [-0.15, -0.1) is 0 Å². The predicted octanol–water partition coefficient (Wildman–Crippen LogP) is 2.70. The van der Waals surface area contributed by atoms with Crippen LogP contribution in [0.5, 0.6) is 0 Å². The van der Waals surface area contributed by atoms with Crippen molar-refractivity contribution in [3.63, 3.8) is 0 Å². The number of nitrogens with one attached hydrogen (secondary N) is 1. The summed E-state index contributed by atoms with van der Waals surface area (Å²) in [6.07, 6.45) is 2.09. The number of nitrogens with two attached hydrogens (primary N) is 1. The third-order valence-electron chi connectivity index (χ3n) is 8.34. The molecule has 5 rings (SSSR count). The highest BCUT2D eigenvalue weighted by atomic mass is 16.4. The van der Waals surface area contributed by atoms with Crippen LogP contribution in [0.3, 0.4) is 0 Å². The number of hydrogen-bond acceptors (Lipinski definition) is 5. The van der Waals surface area contributed by atoms with Crippen LogP contribution < -0.4 is 11.1 Å². The van der Waals surface area contributed by atoms with Gasteiger partial charge >= 0.3 is 5.97 Å². The van der Waals surface area contributed by atoms with E-state index in [1.807, 2.05) is 84.9 Å². The number of carboxylic acid groups (broad SMARTS) is 1. The zero-order chi connectivity index (χ0) is 30.3. The second-order valence-corrected chi connectivity index (χ2v) is 11.4. The van der Waals surface area contributed by atoms with Gasteiger partial charge in [0.25, 0.3) is 0 Å². The van der Waals surface area contributed by atoms with Crippen LogP contribution in [0.4, 0.5) is 0 Å². The fourth-order valence-electron chi connectivity index (χ4n) is 6.18. The third-order valence-corrected chi connectivity index (χ3v) is 8.34. The highest BCUT2D eigenvalue weighted by Gasteiger charge is 2.43. The second kappa shape index (κ2) is 13.6. The van der Waals surface area contributed by atoms with Crippen molar-refractivity contribution in [2.45, 2.75) is 69.2 Å². The van der Waals surface area contributed by atoms with E-state index in [1.54, 1.807) is 0 Å². The third kappa shape index (κ3) is 7.29. The maximum absolute atomic E-state index is 14.1. The van der Waals surface area contributed by atoms with Crippen LogP contribution in [-0.4, -0.2) is 69.3 Å². The molecule has 3 aromatic rings. The standard InChI is InChI=1S/C34H38N4O5/c35-27(18-23-10-3-1-4-11-23)21-31(39)36-28(19-24-12-5-2-6-13-24)32(40)37-17-9-16-29(37)33(41)38-22-26-15-8-7-14-25(26)20-30(38)34(42)43/h1-8,10-15,27-30H,9,16-22,35H2,(H,36,39)(H,42,43). The van der Waals surface area contributed by atoms with Crippen molar-refractivity contribution in [2.75, 3.05) is 6.54 Å². The predicted molar refractivity (Wildman–Crippen MR) is 162 cm³/mol. The maximum Gasteiger partial charge on any atom is 0.326 e. The number of amides is 3. The molecular formula is C34H38N4O5. The van der Waals surface area contributed by atoms with Gasteiger partial charge < -0.3 is 26.0 Å². The molecule has 2 aliphatic heterocycles. The van der Waals surface area contributed by atoms with E-state index in [9.17, 15) is 24.3 Å². The average Bonchev–Trinajstić information content (AvgIpc) is 3.50. The van der Waals surface area contributed by atoms with Gasteiger partial charge in [-0.3, -0.25) is 14.4 Å². The molecule has 3 aromatic carbocycles. The number of nitrogens with zero attached hydrogens (tertiary/aromatic N) is 2. The van der Waals surface area contributed by atoms with Crippen molar-refractivity contribution in [3.05, 3.63) is 107 Å². The molecule has 43 heavy (non-hydrogen) atoms. The number of carboxylic acids is 1. The Morgan fingerprint density at radius 1 is 0.814 bits per heavy atom. The first-order valence-electron chi connectivity index (χ1n) is 14.8. The summed E-state index contributed by atoms with van der Waals surface area (Å²) < 4.78 is 0. The van der Waals surface area contributed by atoms with Gasteiger partial charge in [-0.05, 0) is 41.5 Å². The molecular weight excluding hydrogens is 544 g/mol. The van der Waals surface area contributed by atoms with Gasteiger partial charge in [0.2, 0.25) is 17.7 Å². The fraction of sp³-hybridized carbons (Fsp3) is 0.353. The zero-order valence-corrected chi connectivity index (χ0v) is 24.1. The number of carbonyl (C=O) groups is 4. The molecule has 0 radical (unpaired) electrons. The van der Waals surface area contributed by atoms with Crippen molar-refractivity contribution in [1.82, 2.24) is 15.1 Å². The quantitative estimate of drug-likeness (QED) is 0.337. The number of hydrogen-bond donors (Lipinski definition) is 3. The van der Waals surface area contributed by atoms with Gasteiger partial charge in [0.15, 0.2) is 0 Å².